The smallest absolute Gasteiger partial charge is 0.414 e. The lowest BCUT2D eigenvalue weighted by atomic mass is 10.3. The van der Waals surface area contributed by atoms with E-state index in [1.807, 2.05) is 24.3 Å². The van der Waals surface area contributed by atoms with Crippen LogP contribution < -0.4 is 15.4 Å². The lowest BCUT2D eigenvalue weighted by molar-refractivity contribution is -0.159. The van der Waals surface area contributed by atoms with Crippen LogP contribution in [-0.2, 0) is 19.1 Å². The quantitative estimate of drug-likeness (QED) is 0.355. The van der Waals surface area contributed by atoms with Gasteiger partial charge in [-0.25, -0.2) is 9.59 Å². The Bertz CT molecular complexity index is 621. The molecule has 1 saturated heterocycles. The first-order chi connectivity index (χ1) is 13.4. The number of ether oxygens (including phenoxy) is 2. The summed E-state index contributed by atoms with van der Waals surface area (Å²) < 4.78 is 10.5. The number of amides is 1. The molecule has 28 heavy (non-hydrogen) atoms. The number of carbonyl (C=O) groups is 3. The fraction of sp³-hybridized carbons (Fsp3) is 0.500. The summed E-state index contributed by atoms with van der Waals surface area (Å²) in [4.78, 5) is 32.5. The van der Waals surface area contributed by atoms with E-state index in [4.69, 9.17) is 29.3 Å². The average Bonchev–Trinajstić information content (AvgIpc) is 2.69. The first-order valence-corrected chi connectivity index (χ1v) is 8.84. The number of rotatable bonds is 8. The van der Waals surface area contributed by atoms with Gasteiger partial charge >= 0.3 is 11.9 Å². The lowest BCUT2D eigenvalue weighted by Gasteiger charge is -2.26. The second-order valence-electron chi connectivity index (χ2n) is 5.84. The van der Waals surface area contributed by atoms with Gasteiger partial charge in [0.15, 0.2) is 0 Å². The normalized spacial score (nSPS) is 13.8. The van der Waals surface area contributed by atoms with Crippen molar-refractivity contribution in [2.45, 2.75) is 6.42 Å². The van der Waals surface area contributed by atoms with Crippen molar-refractivity contribution in [3.8, 4) is 5.75 Å². The van der Waals surface area contributed by atoms with Gasteiger partial charge in [0.2, 0.25) is 5.91 Å². The molecule has 1 aliphatic heterocycles. The van der Waals surface area contributed by atoms with E-state index in [0.717, 1.165) is 45.8 Å². The van der Waals surface area contributed by atoms with Crippen molar-refractivity contribution in [3.05, 3.63) is 24.3 Å². The number of hydrogen-bond acceptors (Lipinski definition) is 7. The molecule has 10 heteroatoms. The van der Waals surface area contributed by atoms with Crippen LogP contribution in [0.1, 0.15) is 6.42 Å². The van der Waals surface area contributed by atoms with Crippen LogP contribution in [0.4, 0.5) is 5.69 Å². The highest BCUT2D eigenvalue weighted by Gasteiger charge is 2.10. The minimum absolute atomic E-state index is 0.0594. The number of carboxylic acid groups (broad SMARTS) is 2. The van der Waals surface area contributed by atoms with Crippen LogP contribution in [0.15, 0.2) is 24.3 Å². The lowest BCUT2D eigenvalue weighted by Crippen LogP contribution is -2.38. The summed E-state index contributed by atoms with van der Waals surface area (Å²) in [7, 11) is 1.59. The van der Waals surface area contributed by atoms with Crippen molar-refractivity contribution in [3.63, 3.8) is 0 Å². The molecule has 0 spiro atoms. The number of methoxy groups -OCH3 is 1. The molecule has 10 nitrogen and oxygen atoms in total. The molecule has 0 unspecified atom stereocenters. The summed E-state index contributed by atoms with van der Waals surface area (Å²) in [5, 5.41) is 20.8. The largest absolute Gasteiger partial charge is 0.495 e. The third-order valence-corrected chi connectivity index (χ3v) is 3.78. The fourth-order valence-electron chi connectivity index (χ4n) is 2.40. The van der Waals surface area contributed by atoms with Gasteiger partial charge in [-0.05, 0) is 31.6 Å². The number of para-hydroxylation sites is 2. The number of nitrogens with one attached hydrogen (secondary N) is 2. The fourth-order valence-corrected chi connectivity index (χ4v) is 2.40. The third-order valence-electron chi connectivity index (χ3n) is 3.78. The predicted molar refractivity (Wildman–Crippen MR) is 102 cm³/mol. The molecular formula is C18H27N3O7. The van der Waals surface area contributed by atoms with Crippen LogP contribution in [-0.4, -0.2) is 86.0 Å². The molecule has 1 amide bonds. The molecule has 0 saturated carbocycles. The van der Waals surface area contributed by atoms with Crippen LogP contribution in [0.2, 0.25) is 0 Å². The first kappa shape index (κ1) is 23.3. The number of carbonyl (C=O) groups excluding carboxylic acids is 1. The number of morpholine rings is 1. The second kappa shape index (κ2) is 13.5. The van der Waals surface area contributed by atoms with Gasteiger partial charge in [0, 0.05) is 13.1 Å². The molecule has 1 aliphatic rings. The van der Waals surface area contributed by atoms with Crippen molar-refractivity contribution in [1.82, 2.24) is 10.2 Å². The molecule has 1 fully saturated rings. The first-order valence-electron chi connectivity index (χ1n) is 8.84. The topological polar surface area (TPSA) is 137 Å². The van der Waals surface area contributed by atoms with E-state index in [2.05, 4.69) is 15.5 Å². The molecule has 156 valence electrons. The van der Waals surface area contributed by atoms with Crippen molar-refractivity contribution < 1.29 is 34.1 Å². The van der Waals surface area contributed by atoms with Gasteiger partial charge in [0.25, 0.3) is 0 Å². The number of carboxylic acids is 2. The molecular weight excluding hydrogens is 370 g/mol. The van der Waals surface area contributed by atoms with Gasteiger partial charge in [0.1, 0.15) is 5.75 Å². The molecule has 1 heterocycles. The molecule has 1 aromatic rings. The van der Waals surface area contributed by atoms with Crippen LogP contribution >= 0.6 is 0 Å². The van der Waals surface area contributed by atoms with E-state index < -0.39 is 11.9 Å². The Kier molecular flexibility index (Phi) is 11.2. The number of benzene rings is 1. The Balaban J connectivity index is 0.000000568. The van der Waals surface area contributed by atoms with Crippen molar-refractivity contribution in [2.24, 2.45) is 0 Å². The maximum Gasteiger partial charge on any atom is 0.414 e. The van der Waals surface area contributed by atoms with Crippen molar-refractivity contribution in [1.29, 1.82) is 0 Å². The number of hydrogen-bond donors (Lipinski definition) is 4. The summed E-state index contributed by atoms with van der Waals surface area (Å²) in [5.41, 5.74) is 0.699. The van der Waals surface area contributed by atoms with E-state index in [-0.39, 0.29) is 5.91 Å². The molecule has 0 aromatic heterocycles. The van der Waals surface area contributed by atoms with Gasteiger partial charge in [0.05, 0.1) is 32.6 Å². The third kappa shape index (κ3) is 9.86. The van der Waals surface area contributed by atoms with E-state index in [1.165, 1.54) is 0 Å². The van der Waals surface area contributed by atoms with Gasteiger partial charge in [-0.2, -0.15) is 0 Å². The van der Waals surface area contributed by atoms with E-state index in [9.17, 15) is 4.79 Å². The number of nitrogens with zero attached hydrogens (tertiary/aromatic N) is 1. The highest BCUT2D eigenvalue weighted by atomic mass is 16.5. The molecule has 4 N–H and O–H groups in total. The van der Waals surface area contributed by atoms with Crippen LogP contribution in [0.5, 0.6) is 5.75 Å². The standard InChI is InChI=1S/C16H25N3O3.C2H2O4/c1-21-15-6-3-2-5-14(15)18-16(20)13-17-7-4-8-19-9-11-22-12-10-19;3-1(4)2(5)6/h2-3,5-6,17H,4,7-13H2,1H3,(H,18,20);(H,3,4)(H,5,6). The Labute approximate surface area is 163 Å². The minimum atomic E-state index is -1.82. The maximum absolute atomic E-state index is 11.9. The van der Waals surface area contributed by atoms with Crippen LogP contribution in [0.25, 0.3) is 0 Å². The predicted octanol–water partition coefficient (Wildman–Crippen LogP) is 0.101. The SMILES string of the molecule is COc1ccccc1NC(=O)CNCCCN1CCOCC1.O=C(O)C(=O)O. The Morgan fingerprint density at radius 2 is 1.79 bits per heavy atom. The zero-order valence-electron chi connectivity index (χ0n) is 15.8. The Morgan fingerprint density at radius 3 is 2.39 bits per heavy atom. The highest BCUT2D eigenvalue weighted by molar-refractivity contribution is 6.27. The summed E-state index contributed by atoms with van der Waals surface area (Å²) in [6.07, 6.45) is 1.03. The minimum Gasteiger partial charge on any atom is -0.495 e. The molecule has 0 atom stereocenters. The monoisotopic (exact) mass is 397 g/mol. The van der Waals surface area contributed by atoms with Crippen LogP contribution in [0, 0.1) is 0 Å². The van der Waals surface area contributed by atoms with E-state index >= 15 is 0 Å². The summed E-state index contributed by atoms with van der Waals surface area (Å²) in [6, 6.07) is 7.40. The summed E-state index contributed by atoms with van der Waals surface area (Å²) in [6.45, 7) is 5.86. The second-order valence-corrected chi connectivity index (χ2v) is 5.84. The Morgan fingerprint density at radius 1 is 1.14 bits per heavy atom. The zero-order chi connectivity index (χ0) is 20.8. The summed E-state index contributed by atoms with van der Waals surface area (Å²) in [5.74, 6) is -3.04. The number of anilines is 1. The van der Waals surface area contributed by atoms with E-state index in [1.54, 1.807) is 7.11 Å². The van der Waals surface area contributed by atoms with Gasteiger partial charge in [-0.1, -0.05) is 12.1 Å². The van der Waals surface area contributed by atoms with Crippen molar-refractivity contribution >= 4 is 23.5 Å². The molecule has 0 bridgehead atoms. The van der Waals surface area contributed by atoms with Crippen molar-refractivity contribution in [2.75, 3.05) is 58.4 Å². The van der Waals surface area contributed by atoms with E-state index in [0.29, 0.717) is 18.0 Å². The maximum atomic E-state index is 11.9. The van der Waals surface area contributed by atoms with Gasteiger partial charge < -0.3 is 30.3 Å². The number of aliphatic carboxylic acids is 2. The molecule has 2 rings (SSSR count). The molecule has 1 aromatic carbocycles. The van der Waals surface area contributed by atoms with Gasteiger partial charge in [-0.3, -0.25) is 9.69 Å². The van der Waals surface area contributed by atoms with Gasteiger partial charge in [-0.15, -0.1) is 0 Å². The molecule has 0 aliphatic carbocycles. The average molecular weight is 397 g/mol. The highest BCUT2D eigenvalue weighted by Crippen LogP contribution is 2.22. The zero-order valence-corrected chi connectivity index (χ0v) is 15.8. The Hall–Kier alpha value is -2.69. The van der Waals surface area contributed by atoms with Crippen LogP contribution in [0.3, 0.4) is 0 Å². The molecule has 0 radical (unpaired) electrons. The summed E-state index contributed by atoms with van der Waals surface area (Å²) >= 11 is 0.